The normalized spacial score (nSPS) is 41.0. The van der Waals surface area contributed by atoms with Gasteiger partial charge in [0.25, 0.3) is 0 Å². The summed E-state index contributed by atoms with van der Waals surface area (Å²) in [5.74, 6) is -0.562. The number of hydrogen-bond donors (Lipinski definition) is 3. The molecule has 0 heterocycles. The van der Waals surface area contributed by atoms with Crippen LogP contribution >= 0.6 is 0 Å². The number of amides is 1. The summed E-state index contributed by atoms with van der Waals surface area (Å²) in [5, 5.41) is 16.7. The largest absolute Gasteiger partial charge is 0.481 e. The molecule has 1 unspecified atom stereocenters. The first kappa shape index (κ1) is 41.4. The number of esters is 1. The molecule has 1 amide bonds. The number of carbonyl (C=O) groups excluding carboxylic acids is 3. The van der Waals surface area contributed by atoms with Crippen LogP contribution in [0.4, 0.5) is 0 Å². The maximum absolute atomic E-state index is 14.2. The zero-order chi connectivity index (χ0) is 40.2. The van der Waals surface area contributed by atoms with E-state index in [0.29, 0.717) is 31.2 Å². The Bertz CT molecular complexity index is 1590. The third-order valence-corrected chi connectivity index (χ3v) is 17.5. The number of hydrogen-bond acceptors (Lipinski definition) is 7. The summed E-state index contributed by atoms with van der Waals surface area (Å²) >= 11 is 0. The fourth-order valence-corrected chi connectivity index (χ4v) is 14.0. The highest BCUT2D eigenvalue weighted by molar-refractivity contribution is 6.02. The molecule has 0 bridgehead atoms. The Morgan fingerprint density at radius 1 is 0.870 bits per heavy atom. The fourth-order valence-electron chi connectivity index (χ4n) is 14.0. The molecule has 3 N–H and O–H groups in total. The molecule has 0 aromatic carbocycles. The van der Waals surface area contributed by atoms with E-state index in [-0.39, 0.29) is 63.2 Å². The van der Waals surface area contributed by atoms with Gasteiger partial charge in [0.1, 0.15) is 6.10 Å². The Morgan fingerprint density at radius 2 is 1.54 bits per heavy atom. The van der Waals surface area contributed by atoms with Crippen molar-refractivity contribution in [3.8, 4) is 0 Å². The summed E-state index contributed by atoms with van der Waals surface area (Å²) in [7, 11) is 4.06. The molecule has 304 valence electrons. The van der Waals surface area contributed by atoms with Gasteiger partial charge in [-0.05, 0) is 142 Å². The maximum Gasteiger partial charge on any atom is 0.309 e. The van der Waals surface area contributed by atoms with Crippen LogP contribution in [0.2, 0.25) is 0 Å². The first-order valence-corrected chi connectivity index (χ1v) is 21.2. The number of ketones is 1. The molecule has 54 heavy (non-hydrogen) atoms. The van der Waals surface area contributed by atoms with Gasteiger partial charge in [-0.25, -0.2) is 0 Å². The minimum absolute atomic E-state index is 0.0262. The van der Waals surface area contributed by atoms with Crippen LogP contribution in [0.1, 0.15) is 140 Å². The molecule has 9 heteroatoms. The van der Waals surface area contributed by atoms with Gasteiger partial charge in [-0.3, -0.25) is 19.2 Å². The topological polar surface area (TPSA) is 125 Å². The first-order valence-electron chi connectivity index (χ1n) is 21.2. The van der Waals surface area contributed by atoms with Crippen molar-refractivity contribution < 1.29 is 29.0 Å². The zero-order valence-corrected chi connectivity index (χ0v) is 36.0. The van der Waals surface area contributed by atoms with Crippen LogP contribution in [0.5, 0.6) is 0 Å². The van der Waals surface area contributed by atoms with E-state index in [9.17, 15) is 24.3 Å². The summed E-state index contributed by atoms with van der Waals surface area (Å²) in [4.78, 5) is 55.7. The van der Waals surface area contributed by atoms with Gasteiger partial charge in [0.05, 0.1) is 22.9 Å². The van der Waals surface area contributed by atoms with Gasteiger partial charge >= 0.3 is 11.9 Å². The van der Waals surface area contributed by atoms with Gasteiger partial charge in [-0.2, -0.15) is 0 Å². The highest BCUT2D eigenvalue weighted by Crippen LogP contribution is 2.76. The molecule has 5 fully saturated rings. The smallest absolute Gasteiger partial charge is 0.309 e. The number of likely N-dealkylation sites (N-methyl/N-ethyl adjacent to an activating group) is 1. The Kier molecular flexibility index (Phi) is 10.3. The lowest BCUT2D eigenvalue weighted by Gasteiger charge is -2.72. The van der Waals surface area contributed by atoms with Crippen molar-refractivity contribution in [3.63, 3.8) is 0 Å². The SMILES string of the molecule is CC(C)C1=C2[C@H]3CC[C@@H]4[C@@]5(C)CC[C@H](OC(=O)C6C[C@@H](C(=O)O)C6(C)C)C(C)(C)[C@@H]5CC[C@@]4(C)[C@]3(C)CC[C@@]2(NC(=O)C(C)(C)NCCN(C)C)CC1=O. The van der Waals surface area contributed by atoms with Crippen molar-refractivity contribution in [2.75, 3.05) is 27.2 Å². The van der Waals surface area contributed by atoms with E-state index in [1.54, 1.807) is 0 Å². The van der Waals surface area contributed by atoms with E-state index < -0.39 is 28.4 Å². The van der Waals surface area contributed by atoms with Crippen LogP contribution in [0.25, 0.3) is 0 Å². The molecule has 9 nitrogen and oxygen atoms in total. The minimum atomic E-state index is -0.830. The van der Waals surface area contributed by atoms with Crippen LogP contribution in [-0.4, -0.2) is 78.0 Å². The third kappa shape index (κ3) is 6.05. The molecule has 0 saturated heterocycles. The molecule has 6 aliphatic rings. The molecule has 5 saturated carbocycles. The van der Waals surface area contributed by atoms with Crippen LogP contribution in [-0.2, 0) is 23.9 Å². The van der Waals surface area contributed by atoms with Gasteiger partial charge < -0.3 is 25.4 Å². The number of carboxylic acid groups (broad SMARTS) is 1. The molecule has 0 aliphatic heterocycles. The number of fused-ring (bicyclic) bond motifs is 7. The Hall–Kier alpha value is -2.26. The maximum atomic E-state index is 14.2. The van der Waals surface area contributed by atoms with Crippen molar-refractivity contribution in [2.45, 2.75) is 158 Å². The number of carbonyl (C=O) groups is 4. The van der Waals surface area contributed by atoms with Gasteiger partial charge in [0, 0.05) is 24.9 Å². The van der Waals surface area contributed by atoms with E-state index in [2.05, 4.69) is 64.0 Å². The number of carboxylic acids is 1. The molecule has 0 spiro atoms. The number of allylic oxidation sites excluding steroid dienone is 1. The van der Waals surface area contributed by atoms with Crippen molar-refractivity contribution >= 4 is 23.6 Å². The number of nitrogens with zero attached hydrogens (tertiary/aromatic N) is 1. The second-order valence-corrected chi connectivity index (χ2v) is 21.9. The third-order valence-electron chi connectivity index (χ3n) is 17.5. The van der Waals surface area contributed by atoms with E-state index in [1.165, 1.54) is 5.57 Å². The standard InChI is InChI=1S/C45H73N3O6/c1-26(2)34-30(49)25-45(47-38(53)41(7,8)46-22-23-48(12)13)21-20-43(10)27(35(34)45)14-15-32-42(9)18-17-33(40(5,6)31(42)16-19-44(32,43)11)54-37(52)29-24-28(36(50)51)39(29,3)4/h26-29,31-33,46H,14-25H2,1-13H3,(H,47,53)(H,50,51)/t27-,28+,29?,31+,32-,33+,42+,43-,44-,45-/m1/s1. The first-order chi connectivity index (χ1) is 24.8. The van der Waals surface area contributed by atoms with Gasteiger partial charge in [0.15, 0.2) is 5.78 Å². The van der Waals surface area contributed by atoms with Crippen LogP contribution < -0.4 is 10.6 Å². The average Bonchev–Trinajstić information content (AvgIpc) is 3.33. The monoisotopic (exact) mass is 752 g/mol. The van der Waals surface area contributed by atoms with E-state index in [4.69, 9.17) is 4.74 Å². The lowest BCUT2D eigenvalue weighted by molar-refractivity contribution is -0.235. The van der Waals surface area contributed by atoms with Crippen LogP contribution in [0.3, 0.4) is 0 Å². The van der Waals surface area contributed by atoms with Crippen LogP contribution in [0.15, 0.2) is 11.1 Å². The average molecular weight is 752 g/mol. The van der Waals surface area contributed by atoms with Crippen LogP contribution in [0, 0.1) is 62.6 Å². The fraction of sp³-hybridized carbons (Fsp3) is 0.867. The summed E-state index contributed by atoms with van der Waals surface area (Å²) in [6.45, 7) is 25.8. The molecular weight excluding hydrogens is 679 g/mol. The highest BCUT2D eigenvalue weighted by atomic mass is 16.5. The lowest BCUT2D eigenvalue weighted by Crippen LogP contribution is -2.68. The van der Waals surface area contributed by atoms with Gasteiger partial charge in [0.2, 0.25) is 5.91 Å². The van der Waals surface area contributed by atoms with Gasteiger partial charge in [-0.15, -0.1) is 0 Å². The highest BCUT2D eigenvalue weighted by Gasteiger charge is 2.70. The Labute approximate surface area is 325 Å². The quantitative estimate of drug-likeness (QED) is 0.197. The lowest BCUT2D eigenvalue weighted by atomic mass is 9.33. The predicted octanol–water partition coefficient (Wildman–Crippen LogP) is 7.42. The number of rotatable bonds is 10. The molecule has 6 rings (SSSR count). The van der Waals surface area contributed by atoms with E-state index in [0.717, 1.165) is 63.5 Å². The van der Waals surface area contributed by atoms with Crippen molar-refractivity contribution in [1.29, 1.82) is 0 Å². The summed E-state index contributed by atoms with van der Waals surface area (Å²) in [6, 6.07) is 0. The number of ether oxygens (including phenoxy) is 1. The van der Waals surface area contributed by atoms with E-state index >= 15 is 0 Å². The Morgan fingerprint density at radius 3 is 2.13 bits per heavy atom. The molecular formula is C45H73N3O6. The molecule has 6 aliphatic carbocycles. The van der Waals surface area contributed by atoms with E-state index in [1.807, 2.05) is 41.8 Å². The van der Waals surface area contributed by atoms with Crippen molar-refractivity contribution in [2.24, 2.45) is 62.6 Å². The summed E-state index contributed by atoms with van der Waals surface area (Å²) in [6.07, 6.45) is 8.35. The molecule has 10 atom stereocenters. The van der Waals surface area contributed by atoms with Crippen molar-refractivity contribution in [1.82, 2.24) is 15.5 Å². The second-order valence-electron chi connectivity index (χ2n) is 21.9. The van der Waals surface area contributed by atoms with Crippen molar-refractivity contribution in [3.05, 3.63) is 11.1 Å². The zero-order valence-electron chi connectivity index (χ0n) is 36.0. The molecule has 0 radical (unpaired) electrons. The number of aliphatic carboxylic acids is 1. The number of Topliss-reactive ketones (excluding diaryl/α,β-unsaturated/α-hetero) is 1. The summed E-state index contributed by atoms with van der Waals surface area (Å²) < 4.78 is 6.41. The minimum Gasteiger partial charge on any atom is -0.481 e. The Balaban J connectivity index is 1.26. The summed E-state index contributed by atoms with van der Waals surface area (Å²) in [5.41, 5.74) is 0.0902. The molecule has 0 aromatic rings. The number of nitrogens with one attached hydrogen (secondary N) is 2. The van der Waals surface area contributed by atoms with Gasteiger partial charge in [-0.1, -0.05) is 62.3 Å². The molecule has 0 aromatic heterocycles. The predicted molar refractivity (Wildman–Crippen MR) is 211 cm³/mol. The second kappa shape index (κ2) is 13.4.